The molecule has 1 N–H and O–H groups in total. The van der Waals surface area contributed by atoms with Gasteiger partial charge in [0.1, 0.15) is 23.4 Å². The van der Waals surface area contributed by atoms with Crippen LogP contribution in [0, 0.1) is 0 Å². The van der Waals surface area contributed by atoms with Crippen molar-refractivity contribution in [3.8, 4) is 5.75 Å². The van der Waals surface area contributed by atoms with Gasteiger partial charge in [-0.15, -0.1) is 0 Å². The van der Waals surface area contributed by atoms with E-state index in [0.29, 0.717) is 34.5 Å². The number of ketones is 1. The third-order valence-electron chi connectivity index (χ3n) is 6.50. The summed E-state index contributed by atoms with van der Waals surface area (Å²) in [6.07, 6.45) is 0.141. The van der Waals surface area contributed by atoms with E-state index >= 15 is 0 Å². The maximum absolute atomic E-state index is 14.0. The van der Waals surface area contributed by atoms with Crippen LogP contribution in [0.25, 0.3) is 16.6 Å². The van der Waals surface area contributed by atoms with Gasteiger partial charge in [0.15, 0.2) is 5.78 Å². The molecule has 40 heavy (non-hydrogen) atoms. The lowest BCUT2D eigenvalue weighted by molar-refractivity contribution is -0.130. The summed E-state index contributed by atoms with van der Waals surface area (Å²) in [6.45, 7) is 0.401. The van der Waals surface area contributed by atoms with Gasteiger partial charge in [-0.1, -0.05) is 48.5 Å². The van der Waals surface area contributed by atoms with Crippen molar-refractivity contribution in [3.63, 3.8) is 0 Å². The fraction of sp³-hybridized carbons (Fsp3) is 0.125. The number of carbonyl (C=O) groups is 2. The van der Waals surface area contributed by atoms with Crippen molar-refractivity contribution in [1.29, 1.82) is 0 Å². The molecule has 0 aliphatic carbocycles. The maximum atomic E-state index is 14.0. The summed E-state index contributed by atoms with van der Waals surface area (Å²) < 4.78 is 14.3. The first-order valence-corrected chi connectivity index (χ1v) is 13.4. The van der Waals surface area contributed by atoms with Crippen LogP contribution in [-0.4, -0.2) is 39.7 Å². The lowest BCUT2D eigenvalue weighted by atomic mass is 9.89. The number of ether oxygens (including phenoxy) is 1. The van der Waals surface area contributed by atoms with E-state index in [9.17, 15) is 14.7 Å². The lowest BCUT2D eigenvalue weighted by Gasteiger charge is -2.16. The average molecular weight is 550 g/mol. The second-order valence-corrected chi connectivity index (χ2v) is 10.0. The number of fused-ring (bicyclic) bond motifs is 1. The van der Waals surface area contributed by atoms with Crippen LogP contribution in [0.5, 0.6) is 5.75 Å². The van der Waals surface area contributed by atoms with Crippen molar-refractivity contribution in [1.82, 2.24) is 8.75 Å². The summed E-state index contributed by atoms with van der Waals surface area (Å²) in [5.41, 5.74) is 4.99. The molecule has 5 rings (SSSR count). The molecule has 1 heterocycles. The quantitative estimate of drug-likeness (QED) is 0.161. The van der Waals surface area contributed by atoms with E-state index in [1.165, 1.54) is 0 Å². The summed E-state index contributed by atoms with van der Waals surface area (Å²) in [5, 5.41) is 10.4. The lowest BCUT2D eigenvalue weighted by Crippen LogP contribution is -2.14. The summed E-state index contributed by atoms with van der Waals surface area (Å²) in [6, 6.07) is 29.4. The van der Waals surface area contributed by atoms with E-state index in [2.05, 4.69) is 8.75 Å². The number of hydrogen-bond acceptors (Lipinski definition) is 7. The van der Waals surface area contributed by atoms with E-state index in [1.54, 1.807) is 42.5 Å². The molecule has 0 bridgehead atoms. The standard InChI is InChI=1S/C32H27N3O4S/c1-35(2)25-10-6-9-22(17-25)18-27(30(32(37)38)24-13-16-28-29(19-24)34-40-33-28)31(36)23-11-14-26(15-12-23)39-20-21-7-4-3-5-8-21/h3-17,19H,18,20H2,1-2H3,(H,37,38). The molecule has 0 unspecified atom stereocenters. The summed E-state index contributed by atoms with van der Waals surface area (Å²) in [4.78, 5) is 28.7. The number of carboxylic acid groups (broad SMARTS) is 1. The van der Waals surface area contributed by atoms with Crippen molar-refractivity contribution >= 4 is 45.8 Å². The fourth-order valence-electron chi connectivity index (χ4n) is 4.41. The minimum atomic E-state index is -1.18. The van der Waals surface area contributed by atoms with E-state index in [1.807, 2.05) is 73.6 Å². The molecular weight excluding hydrogens is 522 g/mol. The summed E-state index contributed by atoms with van der Waals surface area (Å²) >= 11 is 1.06. The summed E-state index contributed by atoms with van der Waals surface area (Å²) in [5.74, 6) is -0.930. The molecule has 0 atom stereocenters. The van der Waals surface area contributed by atoms with Gasteiger partial charge in [0.2, 0.25) is 0 Å². The minimum absolute atomic E-state index is 0.0560. The Labute approximate surface area is 236 Å². The van der Waals surface area contributed by atoms with Crippen LogP contribution in [-0.2, 0) is 17.8 Å². The normalized spacial score (nSPS) is 11.7. The summed E-state index contributed by atoms with van der Waals surface area (Å²) in [7, 11) is 3.87. The third kappa shape index (κ3) is 6.08. The molecule has 0 radical (unpaired) electrons. The van der Waals surface area contributed by atoms with Gasteiger partial charge in [-0.3, -0.25) is 4.79 Å². The molecule has 0 spiro atoms. The van der Waals surface area contributed by atoms with Gasteiger partial charge in [0.25, 0.3) is 0 Å². The van der Waals surface area contributed by atoms with Crippen molar-refractivity contribution < 1.29 is 19.4 Å². The van der Waals surface area contributed by atoms with E-state index < -0.39 is 5.97 Å². The van der Waals surface area contributed by atoms with Crippen LogP contribution in [0.4, 0.5) is 5.69 Å². The molecule has 7 nitrogen and oxygen atoms in total. The zero-order valence-corrected chi connectivity index (χ0v) is 22.9. The Morgan fingerprint density at radius 2 is 1.50 bits per heavy atom. The molecule has 1 aromatic heterocycles. The smallest absolute Gasteiger partial charge is 0.336 e. The highest BCUT2D eigenvalue weighted by Gasteiger charge is 2.24. The molecule has 5 aromatic rings. The Kier molecular flexibility index (Phi) is 7.98. The fourth-order valence-corrected chi connectivity index (χ4v) is 4.93. The number of allylic oxidation sites excluding steroid dienone is 1. The number of aromatic nitrogens is 2. The second-order valence-electron chi connectivity index (χ2n) is 9.50. The van der Waals surface area contributed by atoms with Crippen LogP contribution in [0.15, 0.2) is 103 Å². The average Bonchev–Trinajstić information content (AvgIpc) is 3.44. The van der Waals surface area contributed by atoms with Crippen molar-refractivity contribution in [2.24, 2.45) is 0 Å². The Morgan fingerprint density at radius 3 is 2.23 bits per heavy atom. The zero-order chi connectivity index (χ0) is 28.1. The van der Waals surface area contributed by atoms with Crippen LogP contribution in [0.2, 0.25) is 0 Å². The van der Waals surface area contributed by atoms with Crippen LogP contribution < -0.4 is 9.64 Å². The Bertz CT molecular complexity index is 1690. The molecule has 4 aromatic carbocycles. The molecular formula is C32H27N3O4S. The molecule has 0 aliphatic rings. The van der Waals surface area contributed by atoms with E-state index in [0.717, 1.165) is 28.5 Å². The minimum Gasteiger partial charge on any atom is -0.489 e. The SMILES string of the molecule is CN(C)c1cccc(CC(C(=O)c2ccc(OCc3ccccc3)cc2)=C(C(=O)O)c2ccc3nsnc3c2)c1. The monoisotopic (exact) mass is 549 g/mol. The Morgan fingerprint density at radius 1 is 0.800 bits per heavy atom. The number of rotatable bonds is 10. The Balaban J connectivity index is 1.53. The number of benzene rings is 4. The predicted molar refractivity (Wildman–Crippen MR) is 158 cm³/mol. The van der Waals surface area contributed by atoms with E-state index in [4.69, 9.17) is 4.74 Å². The first-order valence-electron chi connectivity index (χ1n) is 12.7. The topological polar surface area (TPSA) is 92.6 Å². The van der Waals surface area contributed by atoms with Gasteiger partial charge in [-0.2, -0.15) is 8.75 Å². The zero-order valence-electron chi connectivity index (χ0n) is 22.1. The first-order chi connectivity index (χ1) is 19.4. The van der Waals surface area contributed by atoms with Gasteiger partial charge in [-0.05, 0) is 65.2 Å². The molecule has 0 amide bonds. The van der Waals surface area contributed by atoms with Crippen molar-refractivity contribution in [2.75, 3.05) is 19.0 Å². The molecule has 0 fully saturated rings. The second kappa shape index (κ2) is 11.9. The molecule has 0 aliphatic heterocycles. The number of anilines is 1. The Hall–Kier alpha value is -4.82. The molecule has 0 saturated heterocycles. The molecule has 8 heteroatoms. The number of carboxylic acids is 1. The largest absolute Gasteiger partial charge is 0.489 e. The van der Waals surface area contributed by atoms with Crippen molar-refractivity contribution in [3.05, 3.63) is 125 Å². The number of aliphatic carboxylic acids is 1. The highest BCUT2D eigenvalue weighted by molar-refractivity contribution is 7.00. The van der Waals surface area contributed by atoms with Crippen LogP contribution in [0.3, 0.4) is 0 Å². The van der Waals surface area contributed by atoms with Crippen LogP contribution in [0.1, 0.15) is 27.0 Å². The first kappa shape index (κ1) is 26.8. The van der Waals surface area contributed by atoms with Gasteiger partial charge >= 0.3 is 5.97 Å². The highest BCUT2D eigenvalue weighted by atomic mass is 32.1. The maximum Gasteiger partial charge on any atom is 0.336 e. The predicted octanol–water partition coefficient (Wildman–Crippen LogP) is 6.30. The van der Waals surface area contributed by atoms with Gasteiger partial charge in [-0.25, -0.2) is 4.79 Å². The van der Waals surface area contributed by atoms with E-state index in [-0.39, 0.29) is 23.4 Å². The molecule has 200 valence electrons. The highest BCUT2D eigenvalue weighted by Crippen LogP contribution is 2.29. The third-order valence-corrected chi connectivity index (χ3v) is 7.06. The number of hydrogen-bond donors (Lipinski definition) is 1. The number of Topliss-reactive ketones (excluding diaryl/α,β-unsaturated/α-hetero) is 1. The number of carbonyl (C=O) groups excluding carboxylic acids is 1. The number of nitrogens with zero attached hydrogens (tertiary/aromatic N) is 3. The van der Waals surface area contributed by atoms with Gasteiger partial charge in [0.05, 0.1) is 17.3 Å². The van der Waals surface area contributed by atoms with Gasteiger partial charge < -0.3 is 14.7 Å². The van der Waals surface area contributed by atoms with Gasteiger partial charge in [0, 0.05) is 37.3 Å². The van der Waals surface area contributed by atoms with Crippen LogP contribution >= 0.6 is 11.7 Å². The van der Waals surface area contributed by atoms with Crippen molar-refractivity contribution in [2.45, 2.75) is 13.0 Å². The molecule has 0 saturated carbocycles.